The van der Waals surface area contributed by atoms with Gasteiger partial charge >= 0.3 is 0 Å². The first-order chi connectivity index (χ1) is 13.8. The average Bonchev–Trinajstić information content (AvgIpc) is 3.29. The van der Waals surface area contributed by atoms with Crippen LogP contribution in [0.2, 0.25) is 0 Å². The Hall–Kier alpha value is -3.11. The largest absolute Gasteiger partial charge is 0.493 e. The van der Waals surface area contributed by atoms with Crippen LogP contribution in [0.3, 0.4) is 0 Å². The van der Waals surface area contributed by atoms with Gasteiger partial charge in [-0.15, -0.1) is 0 Å². The second-order valence-corrected chi connectivity index (χ2v) is 8.44. The smallest absolute Gasteiger partial charge is 0.278 e. The summed E-state index contributed by atoms with van der Waals surface area (Å²) < 4.78 is 40.4. The molecule has 9 nitrogen and oxygen atoms in total. The second-order valence-electron chi connectivity index (χ2n) is 6.67. The molecule has 0 saturated carbocycles. The number of pyridine rings is 1. The van der Waals surface area contributed by atoms with E-state index in [1.807, 2.05) is 19.3 Å². The average molecular weight is 415 g/mol. The standard InChI is InChI=1S/C19H21N5O4S/c1-22-11-14(10-21-22)13-7-17-16(20-9-13)12-23(2)24(17)29(25,26)15-5-6-18(27-3)19(8-15)28-4/h5-11H,12H2,1-4H3. The Bertz CT molecular complexity index is 1180. The van der Waals surface area contributed by atoms with Gasteiger partial charge < -0.3 is 9.47 Å². The topological polar surface area (TPSA) is 89.8 Å². The van der Waals surface area contributed by atoms with E-state index in [1.165, 1.54) is 30.8 Å². The summed E-state index contributed by atoms with van der Waals surface area (Å²) in [4.78, 5) is 4.58. The first-order valence-electron chi connectivity index (χ1n) is 8.81. The molecule has 0 unspecified atom stereocenters. The number of aryl methyl sites for hydroxylation is 1. The Labute approximate surface area is 169 Å². The van der Waals surface area contributed by atoms with Crippen molar-refractivity contribution in [1.29, 1.82) is 0 Å². The fourth-order valence-corrected chi connectivity index (χ4v) is 4.89. The number of sulfonamides is 1. The monoisotopic (exact) mass is 415 g/mol. The van der Waals surface area contributed by atoms with Gasteiger partial charge in [0.15, 0.2) is 11.5 Å². The van der Waals surface area contributed by atoms with Gasteiger partial charge in [0.05, 0.1) is 43.2 Å². The number of ether oxygens (including phenoxy) is 2. The van der Waals surface area contributed by atoms with Crippen molar-refractivity contribution in [1.82, 2.24) is 19.8 Å². The Kier molecular flexibility index (Phi) is 4.67. The highest BCUT2D eigenvalue weighted by Crippen LogP contribution is 2.38. The van der Waals surface area contributed by atoms with E-state index < -0.39 is 10.0 Å². The van der Waals surface area contributed by atoms with Crippen LogP contribution in [-0.4, -0.2) is 49.5 Å². The number of hydrazine groups is 1. The van der Waals surface area contributed by atoms with Crippen molar-refractivity contribution in [2.45, 2.75) is 11.4 Å². The van der Waals surface area contributed by atoms with E-state index in [9.17, 15) is 8.42 Å². The van der Waals surface area contributed by atoms with Crippen LogP contribution < -0.4 is 13.9 Å². The fourth-order valence-electron chi connectivity index (χ4n) is 3.35. The van der Waals surface area contributed by atoms with E-state index in [0.29, 0.717) is 29.4 Å². The summed E-state index contributed by atoms with van der Waals surface area (Å²) >= 11 is 0. The van der Waals surface area contributed by atoms with E-state index in [2.05, 4.69) is 10.1 Å². The molecule has 0 saturated heterocycles. The number of fused-ring (bicyclic) bond motifs is 1. The summed E-state index contributed by atoms with van der Waals surface area (Å²) in [6.45, 7) is 0.384. The van der Waals surface area contributed by atoms with Gasteiger partial charge in [0, 0.05) is 43.7 Å². The second kappa shape index (κ2) is 7.05. The summed E-state index contributed by atoms with van der Waals surface area (Å²) in [6.07, 6.45) is 5.31. The van der Waals surface area contributed by atoms with Gasteiger partial charge in [0.2, 0.25) is 0 Å². The van der Waals surface area contributed by atoms with E-state index in [1.54, 1.807) is 35.2 Å². The molecule has 1 aliphatic rings. The lowest BCUT2D eigenvalue weighted by Gasteiger charge is -2.26. The van der Waals surface area contributed by atoms with Crippen LogP contribution >= 0.6 is 0 Å². The van der Waals surface area contributed by atoms with Crippen LogP contribution in [-0.2, 0) is 23.6 Å². The van der Waals surface area contributed by atoms with Crippen molar-refractivity contribution in [3.63, 3.8) is 0 Å². The molecule has 1 aliphatic heterocycles. The highest BCUT2D eigenvalue weighted by atomic mass is 32.2. The maximum atomic E-state index is 13.5. The highest BCUT2D eigenvalue weighted by molar-refractivity contribution is 7.92. The molecule has 0 bridgehead atoms. The highest BCUT2D eigenvalue weighted by Gasteiger charge is 2.37. The third kappa shape index (κ3) is 3.19. The molecule has 0 fully saturated rings. The van der Waals surface area contributed by atoms with E-state index in [4.69, 9.17) is 9.47 Å². The maximum Gasteiger partial charge on any atom is 0.278 e. The van der Waals surface area contributed by atoms with Crippen molar-refractivity contribution in [2.24, 2.45) is 7.05 Å². The first-order valence-corrected chi connectivity index (χ1v) is 10.3. The van der Waals surface area contributed by atoms with Gasteiger partial charge in [-0.05, 0) is 18.2 Å². The molecule has 10 heteroatoms. The molecule has 0 radical (unpaired) electrons. The van der Waals surface area contributed by atoms with Crippen LogP contribution in [0, 0.1) is 0 Å². The summed E-state index contributed by atoms with van der Waals surface area (Å²) in [7, 11) is 2.62. The molecule has 0 aliphatic carbocycles. The van der Waals surface area contributed by atoms with Gasteiger partial charge in [0.25, 0.3) is 10.0 Å². The molecule has 1 aromatic carbocycles. The van der Waals surface area contributed by atoms with Gasteiger partial charge in [-0.1, -0.05) is 0 Å². The first kappa shape index (κ1) is 19.2. The SMILES string of the molecule is COc1ccc(S(=O)(=O)N2c3cc(-c4cnn(C)c4)cnc3CN2C)cc1OC. The molecule has 152 valence electrons. The summed E-state index contributed by atoms with van der Waals surface area (Å²) in [5, 5.41) is 5.79. The van der Waals surface area contributed by atoms with Crippen LogP contribution in [0.25, 0.3) is 11.1 Å². The molecule has 3 heterocycles. The normalized spacial score (nSPS) is 14.1. The number of rotatable bonds is 5. The zero-order valence-corrected chi connectivity index (χ0v) is 17.3. The Morgan fingerprint density at radius 3 is 2.41 bits per heavy atom. The Morgan fingerprint density at radius 2 is 1.76 bits per heavy atom. The number of anilines is 1. The van der Waals surface area contributed by atoms with Crippen molar-refractivity contribution in [2.75, 3.05) is 25.7 Å². The van der Waals surface area contributed by atoms with Crippen molar-refractivity contribution in [3.05, 3.63) is 48.5 Å². The number of benzene rings is 1. The van der Waals surface area contributed by atoms with Crippen LogP contribution in [0.1, 0.15) is 5.69 Å². The molecule has 29 heavy (non-hydrogen) atoms. The molecule has 3 aromatic rings. The molecule has 0 amide bonds. The zero-order chi connectivity index (χ0) is 20.8. The molecular weight excluding hydrogens is 394 g/mol. The predicted octanol–water partition coefficient (Wildman–Crippen LogP) is 2.05. The van der Waals surface area contributed by atoms with Gasteiger partial charge in [0.1, 0.15) is 0 Å². The third-order valence-corrected chi connectivity index (χ3v) is 6.54. The number of hydrogen-bond donors (Lipinski definition) is 0. The van der Waals surface area contributed by atoms with Crippen molar-refractivity contribution >= 4 is 15.7 Å². The van der Waals surface area contributed by atoms with Crippen molar-refractivity contribution < 1.29 is 17.9 Å². The number of methoxy groups -OCH3 is 2. The number of aromatic nitrogens is 3. The minimum Gasteiger partial charge on any atom is -0.493 e. The third-order valence-electron chi connectivity index (χ3n) is 4.76. The Balaban J connectivity index is 1.80. The number of nitrogens with zero attached hydrogens (tertiary/aromatic N) is 5. The minimum absolute atomic E-state index is 0.0987. The van der Waals surface area contributed by atoms with E-state index >= 15 is 0 Å². The minimum atomic E-state index is -3.89. The molecule has 2 aromatic heterocycles. The van der Waals surface area contributed by atoms with Crippen LogP contribution in [0.5, 0.6) is 11.5 Å². The van der Waals surface area contributed by atoms with Gasteiger partial charge in [-0.3, -0.25) is 9.67 Å². The summed E-state index contributed by atoms with van der Waals surface area (Å²) in [5.74, 6) is 0.806. The lowest BCUT2D eigenvalue weighted by Crippen LogP contribution is -2.39. The van der Waals surface area contributed by atoms with Crippen molar-refractivity contribution in [3.8, 4) is 22.6 Å². The maximum absolute atomic E-state index is 13.5. The predicted molar refractivity (Wildman–Crippen MR) is 107 cm³/mol. The molecule has 4 rings (SSSR count). The quantitative estimate of drug-likeness (QED) is 0.630. The lowest BCUT2D eigenvalue weighted by molar-refractivity contribution is 0.353. The fraction of sp³-hybridized carbons (Fsp3) is 0.263. The molecule has 0 spiro atoms. The van der Waals surface area contributed by atoms with E-state index in [-0.39, 0.29) is 4.90 Å². The van der Waals surface area contributed by atoms with E-state index in [0.717, 1.165) is 11.1 Å². The van der Waals surface area contributed by atoms with Gasteiger partial charge in [-0.2, -0.15) is 17.9 Å². The lowest BCUT2D eigenvalue weighted by atomic mass is 10.1. The summed E-state index contributed by atoms with van der Waals surface area (Å²) in [6, 6.07) is 6.35. The molecule has 0 atom stereocenters. The van der Waals surface area contributed by atoms with Gasteiger partial charge in [-0.25, -0.2) is 5.01 Å². The number of hydrogen-bond acceptors (Lipinski definition) is 7. The summed E-state index contributed by atoms with van der Waals surface area (Å²) in [5.41, 5.74) is 2.85. The zero-order valence-electron chi connectivity index (χ0n) is 16.5. The van der Waals surface area contributed by atoms with Crippen LogP contribution in [0.4, 0.5) is 5.69 Å². The van der Waals surface area contributed by atoms with Crippen LogP contribution in [0.15, 0.2) is 47.8 Å². The molecular formula is C19H21N5O4S. The Morgan fingerprint density at radius 1 is 1.00 bits per heavy atom. The molecule has 0 N–H and O–H groups in total.